The number of carboxylic acid groups (broad SMARTS) is 1. The van der Waals surface area contributed by atoms with Gasteiger partial charge in [0.25, 0.3) is 0 Å². The molecule has 0 heterocycles. The van der Waals surface area contributed by atoms with E-state index in [4.69, 9.17) is 0 Å². The number of carboxylic acids is 1. The van der Waals surface area contributed by atoms with Gasteiger partial charge >= 0.3 is 5.97 Å². The van der Waals surface area contributed by atoms with Crippen molar-refractivity contribution < 1.29 is 14.7 Å². The lowest BCUT2D eigenvalue weighted by Crippen LogP contribution is -2.44. The molecule has 1 amide bonds. The average Bonchev–Trinajstić information content (AvgIpc) is 2.34. The van der Waals surface area contributed by atoms with E-state index in [1.165, 1.54) is 0 Å². The van der Waals surface area contributed by atoms with Crippen molar-refractivity contribution in [2.75, 3.05) is 6.54 Å². The summed E-state index contributed by atoms with van der Waals surface area (Å²) in [6.45, 7) is 6.58. The number of carbonyl (C=O) groups is 2. The van der Waals surface area contributed by atoms with Gasteiger partial charge in [0.1, 0.15) is 0 Å². The van der Waals surface area contributed by atoms with E-state index >= 15 is 0 Å². The van der Waals surface area contributed by atoms with Crippen LogP contribution in [0.2, 0.25) is 0 Å². The Balaban J connectivity index is 2.44. The van der Waals surface area contributed by atoms with Crippen LogP contribution in [0, 0.1) is 10.8 Å². The summed E-state index contributed by atoms with van der Waals surface area (Å²) in [5, 5.41) is 12.2. The van der Waals surface area contributed by atoms with Gasteiger partial charge < -0.3 is 10.4 Å². The van der Waals surface area contributed by atoms with E-state index in [0.717, 1.165) is 25.7 Å². The number of rotatable bonds is 5. The van der Waals surface area contributed by atoms with Crippen molar-refractivity contribution >= 4 is 11.9 Å². The molecule has 0 radical (unpaired) electrons. The fraction of sp³-hybridized carbons (Fsp3) is 0.867. The summed E-state index contributed by atoms with van der Waals surface area (Å²) >= 11 is 0. The van der Waals surface area contributed by atoms with Gasteiger partial charge in [-0.3, -0.25) is 9.59 Å². The van der Waals surface area contributed by atoms with Crippen molar-refractivity contribution in [1.82, 2.24) is 5.32 Å². The van der Waals surface area contributed by atoms with E-state index in [-0.39, 0.29) is 17.9 Å². The van der Waals surface area contributed by atoms with E-state index in [9.17, 15) is 14.7 Å². The molecule has 1 fully saturated rings. The largest absolute Gasteiger partial charge is 0.481 e. The van der Waals surface area contributed by atoms with E-state index < -0.39 is 11.4 Å². The van der Waals surface area contributed by atoms with Gasteiger partial charge in [0, 0.05) is 13.0 Å². The molecule has 0 spiro atoms. The Morgan fingerprint density at radius 3 is 2.21 bits per heavy atom. The number of nitrogens with one attached hydrogen (secondary N) is 1. The van der Waals surface area contributed by atoms with Crippen LogP contribution in [0.5, 0.6) is 0 Å². The fourth-order valence-corrected chi connectivity index (χ4v) is 2.54. The minimum atomic E-state index is -0.761. The quantitative estimate of drug-likeness (QED) is 0.806. The van der Waals surface area contributed by atoms with Crippen LogP contribution in [0.25, 0.3) is 0 Å². The number of carbonyl (C=O) groups excluding carboxylic acids is 1. The van der Waals surface area contributed by atoms with Gasteiger partial charge in [-0.25, -0.2) is 0 Å². The van der Waals surface area contributed by atoms with Gasteiger partial charge in [0.2, 0.25) is 5.91 Å². The van der Waals surface area contributed by atoms with Gasteiger partial charge in [-0.2, -0.15) is 0 Å². The summed E-state index contributed by atoms with van der Waals surface area (Å²) in [5.74, 6) is -0.788. The summed E-state index contributed by atoms with van der Waals surface area (Å²) in [6.07, 6.45) is 5.66. The lowest BCUT2D eigenvalue weighted by Gasteiger charge is -2.33. The normalized spacial score (nSPS) is 18.9. The maximum absolute atomic E-state index is 11.8. The van der Waals surface area contributed by atoms with E-state index in [1.807, 2.05) is 0 Å². The third kappa shape index (κ3) is 5.21. The van der Waals surface area contributed by atoms with Gasteiger partial charge in [-0.15, -0.1) is 0 Å². The van der Waals surface area contributed by atoms with E-state index in [2.05, 4.69) is 26.1 Å². The highest BCUT2D eigenvalue weighted by Gasteiger charge is 2.39. The molecule has 19 heavy (non-hydrogen) atoms. The van der Waals surface area contributed by atoms with Crippen LogP contribution in [0.15, 0.2) is 0 Å². The van der Waals surface area contributed by atoms with Crippen molar-refractivity contribution in [3.8, 4) is 0 Å². The summed E-state index contributed by atoms with van der Waals surface area (Å²) in [7, 11) is 0. The second-order valence-corrected chi connectivity index (χ2v) is 6.98. The molecule has 1 saturated carbocycles. The number of hydrogen-bond acceptors (Lipinski definition) is 2. The Bertz CT molecular complexity index is 325. The van der Waals surface area contributed by atoms with E-state index in [1.54, 1.807) is 0 Å². The van der Waals surface area contributed by atoms with Gasteiger partial charge in [0.05, 0.1) is 5.41 Å². The maximum Gasteiger partial charge on any atom is 0.311 e. The second-order valence-electron chi connectivity index (χ2n) is 6.98. The zero-order chi connectivity index (χ0) is 14.5. The molecule has 110 valence electrons. The van der Waals surface area contributed by atoms with Crippen LogP contribution in [-0.2, 0) is 9.59 Å². The van der Waals surface area contributed by atoms with E-state index in [0.29, 0.717) is 19.3 Å². The standard InChI is InChI=1S/C15H27NO3/c1-14(2,3)10-7-12(17)16-11-15(13(18)19)8-5-4-6-9-15/h4-11H2,1-3H3,(H,16,17)(H,18,19). The predicted molar refractivity (Wildman–Crippen MR) is 74.9 cm³/mol. The SMILES string of the molecule is CC(C)(C)CCC(=O)NCC1(C(=O)O)CCCCC1. The smallest absolute Gasteiger partial charge is 0.311 e. The lowest BCUT2D eigenvalue weighted by atomic mass is 9.74. The highest BCUT2D eigenvalue weighted by atomic mass is 16.4. The van der Waals surface area contributed by atoms with Gasteiger partial charge in [-0.1, -0.05) is 40.0 Å². The molecule has 0 aromatic carbocycles. The van der Waals surface area contributed by atoms with Crippen LogP contribution >= 0.6 is 0 Å². The summed E-state index contributed by atoms with van der Waals surface area (Å²) < 4.78 is 0. The predicted octanol–water partition coefficient (Wildman–Crippen LogP) is 2.96. The van der Waals surface area contributed by atoms with Crippen LogP contribution in [-0.4, -0.2) is 23.5 Å². The van der Waals surface area contributed by atoms with Crippen molar-refractivity contribution in [2.45, 2.75) is 65.7 Å². The lowest BCUT2D eigenvalue weighted by molar-refractivity contribution is -0.151. The first-order valence-corrected chi connectivity index (χ1v) is 7.25. The molecule has 1 aliphatic carbocycles. The number of aliphatic carboxylic acids is 1. The summed E-state index contributed by atoms with van der Waals surface area (Å²) in [4.78, 5) is 23.2. The van der Waals surface area contributed by atoms with Crippen molar-refractivity contribution in [3.63, 3.8) is 0 Å². The zero-order valence-electron chi connectivity index (χ0n) is 12.4. The molecule has 1 aliphatic rings. The van der Waals surface area contributed by atoms with Crippen LogP contribution in [0.4, 0.5) is 0 Å². The highest BCUT2D eigenvalue weighted by Crippen LogP contribution is 2.36. The minimum Gasteiger partial charge on any atom is -0.481 e. The Hall–Kier alpha value is -1.06. The zero-order valence-corrected chi connectivity index (χ0v) is 12.4. The molecule has 2 N–H and O–H groups in total. The molecule has 0 saturated heterocycles. The third-order valence-corrected chi connectivity index (χ3v) is 3.99. The molecule has 1 rings (SSSR count). The van der Waals surface area contributed by atoms with Crippen LogP contribution < -0.4 is 5.32 Å². The molecular weight excluding hydrogens is 242 g/mol. The maximum atomic E-state index is 11.8. The second kappa shape index (κ2) is 6.40. The topological polar surface area (TPSA) is 66.4 Å². The molecular formula is C15H27NO3. The molecule has 0 unspecified atom stereocenters. The Morgan fingerprint density at radius 1 is 1.16 bits per heavy atom. The Morgan fingerprint density at radius 2 is 1.74 bits per heavy atom. The van der Waals surface area contributed by atoms with Crippen molar-refractivity contribution in [1.29, 1.82) is 0 Å². The molecule has 0 bridgehead atoms. The van der Waals surface area contributed by atoms with Crippen molar-refractivity contribution in [3.05, 3.63) is 0 Å². The average molecular weight is 269 g/mol. The number of amides is 1. The highest BCUT2D eigenvalue weighted by molar-refractivity contribution is 5.79. The van der Waals surface area contributed by atoms with Crippen molar-refractivity contribution in [2.24, 2.45) is 10.8 Å². The molecule has 4 heteroatoms. The van der Waals surface area contributed by atoms with Gasteiger partial charge in [-0.05, 0) is 24.7 Å². The molecule has 0 aromatic heterocycles. The summed E-state index contributed by atoms with van der Waals surface area (Å²) in [5.41, 5.74) is -0.595. The first-order chi connectivity index (χ1) is 8.75. The summed E-state index contributed by atoms with van der Waals surface area (Å²) in [6, 6.07) is 0. The van der Waals surface area contributed by atoms with Crippen LogP contribution in [0.3, 0.4) is 0 Å². The molecule has 4 nitrogen and oxygen atoms in total. The first-order valence-electron chi connectivity index (χ1n) is 7.25. The minimum absolute atomic E-state index is 0.0267. The number of hydrogen-bond donors (Lipinski definition) is 2. The first kappa shape index (κ1) is 16.0. The third-order valence-electron chi connectivity index (χ3n) is 3.99. The molecule has 0 aliphatic heterocycles. The Kier molecular flexibility index (Phi) is 5.39. The fourth-order valence-electron chi connectivity index (χ4n) is 2.54. The molecule has 0 atom stereocenters. The van der Waals surface area contributed by atoms with Gasteiger partial charge in [0.15, 0.2) is 0 Å². The monoisotopic (exact) mass is 269 g/mol. The van der Waals surface area contributed by atoms with Crippen LogP contribution in [0.1, 0.15) is 65.7 Å². The molecule has 0 aromatic rings. The Labute approximate surface area is 116 Å².